The van der Waals surface area contributed by atoms with Crippen LogP contribution in [0.3, 0.4) is 0 Å². The molecule has 0 aromatic heterocycles. The van der Waals surface area contributed by atoms with Crippen LogP contribution < -0.4 is 5.32 Å². The number of ketones is 1. The highest BCUT2D eigenvalue weighted by molar-refractivity contribution is 6.08. The maximum Gasteiger partial charge on any atom is 0.416 e. The molecule has 0 atom stereocenters. The molecule has 0 spiro atoms. The summed E-state index contributed by atoms with van der Waals surface area (Å²) in [6.07, 6.45) is 2.54. The summed E-state index contributed by atoms with van der Waals surface area (Å²) in [5, 5.41) is 3.40. The summed E-state index contributed by atoms with van der Waals surface area (Å²) in [4.78, 5) is 12.7. The molecule has 2 aromatic rings. The maximum atomic E-state index is 12.9. The molecular weight excluding hydrogens is 363 g/mol. The van der Waals surface area contributed by atoms with Gasteiger partial charge in [-0.15, -0.1) is 0 Å². The standard InChI is InChI=1S/C23H24F3NO/c1-16-7-9-18(10-8-16)22(28)15-21(27-20-5-3-2-4-6-20)17-11-13-19(14-12-17)23(24,25)26/h7-15,20,27H,2-6H2,1H3/b21-15-. The van der Waals surface area contributed by atoms with Crippen LogP contribution >= 0.6 is 0 Å². The fraction of sp³-hybridized carbons (Fsp3) is 0.348. The zero-order valence-corrected chi connectivity index (χ0v) is 15.9. The van der Waals surface area contributed by atoms with Crippen molar-refractivity contribution in [3.8, 4) is 0 Å². The summed E-state index contributed by atoms with van der Waals surface area (Å²) in [7, 11) is 0. The lowest BCUT2D eigenvalue weighted by Gasteiger charge is -2.25. The van der Waals surface area contributed by atoms with E-state index in [0.29, 0.717) is 16.8 Å². The van der Waals surface area contributed by atoms with Gasteiger partial charge in [-0.05, 0) is 37.5 Å². The van der Waals surface area contributed by atoms with Crippen LogP contribution in [0.5, 0.6) is 0 Å². The second kappa shape index (κ2) is 8.63. The van der Waals surface area contributed by atoms with Gasteiger partial charge in [-0.3, -0.25) is 4.79 Å². The lowest BCUT2D eigenvalue weighted by atomic mass is 9.94. The first kappa shape index (κ1) is 20.2. The lowest BCUT2D eigenvalue weighted by Crippen LogP contribution is -2.30. The van der Waals surface area contributed by atoms with Crippen molar-refractivity contribution in [2.75, 3.05) is 0 Å². The first-order valence-corrected chi connectivity index (χ1v) is 9.60. The molecule has 0 bridgehead atoms. The Hall–Kier alpha value is -2.56. The third-order valence-corrected chi connectivity index (χ3v) is 5.10. The molecule has 0 aliphatic heterocycles. The Bertz CT molecular complexity index is 830. The van der Waals surface area contributed by atoms with E-state index in [-0.39, 0.29) is 11.8 Å². The summed E-state index contributed by atoms with van der Waals surface area (Å²) >= 11 is 0. The fourth-order valence-corrected chi connectivity index (χ4v) is 3.45. The van der Waals surface area contributed by atoms with Crippen molar-refractivity contribution >= 4 is 11.5 Å². The van der Waals surface area contributed by atoms with Crippen molar-refractivity contribution < 1.29 is 18.0 Å². The van der Waals surface area contributed by atoms with E-state index in [1.807, 2.05) is 19.1 Å². The Kier molecular flexibility index (Phi) is 6.22. The van der Waals surface area contributed by atoms with Crippen LogP contribution in [0.2, 0.25) is 0 Å². The highest BCUT2D eigenvalue weighted by Gasteiger charge is 2.30. The second-order valence-electron chi connectivity index (χ2n) is 7.34. The summed E-state index contributed by atoms with van der Waals surface area (Å²) < 4.78 is 38.6. The molecule has 5 heteroatoms. The number of nitrogens with one attached hydrogen (secondary N) is 1. The summed E-state index contributed by atoms with van der Waals surface area (Å²) in [5.41, 5.74) is 2.08. The van der Waals surface area contributed by atoms with Gasteiger partial charge in [0.05, 0.1) is 5.56 Å². The van der Waals surface area contributed by atoms with Crippen molar-refractivity contribution in [2.45, 2.75) is 51.2 Å². The van der Waals surface area contributed by atoms with Gasteiger partial charge < -0.3 is 5.32 Å². The van der Waals surface area contributed by atoms with E-state index in [1.165, 1.54) is 24.6 Å². The average Bonchev–Trinajstić information content (AvgIpc) is 2.68. The first-order chi connectivity index (χ1) is 13.3. The van der Waals surface area contributed by atoms with Gasteiger partial charge in [0.25, 0.3) is 0 Å². The molecule has 0 saturated heterocycles. The zero-order chi connectivity index (χ0) is 20.1. The molecule has 1 aliphatic carbocycles. The van der Waals surface area contributed by atoms with Crippen LogP contribution in [-0.4, -0.2) is 11.8 Å². The van der Waals surface area contributed by atoms with Crippen LogP contribution in [0.25, 0.3) is 5.70 Å². The predicted molar refractivity (Wildman–Crippen MR) is 105 cm³/mol. The Labute approximate surface area is 163 Å². The summed E-state index contributed by atoms with van der Waals surface area (Å²) in [6.45, 7) is 1.95. The first-order valence-electron chi connectivity index (χ1n) is 9.60. The van der Waals surface area contributed by atoms with E-state index in [1.54, 1.807) is 12.1 Å². The number of rotatable bonds is 5. The largest absolute Gasteiger partial charge is 0.416 e. The molecule has 0 unspecified atom stereocenters. The molecule has 0 radical (unpaired) electrons. The van der Waals surface area contributed by atoms with Gasteiger partial charge in [-0.2, -0.15) is 13.2 Å². The molecule has 2 aromatic carbocycles. The molecule has 1 saturated carbocycles. The highest BCUT2D eigenvalue weighted by Crippen LogP contribution is 2.30. The Balaban J connectivity index is 1.89. The van der Waals surface area contributed by atoms with Crippen molar-refractivity contribution in [2.24, 2.45) is 0 Å². The minimum absolute atomic E-state index is 0.168. The molecule has 28 heavy (non-hydrogen) atoms. The number of allylic oxidation sites excluding steroid dienone is 1. The number of aryl methyl sites for hydroxylation is 1. The second-order valence-corrected chi connectivity index (χ2v) is 7.34. The third kappa shape index (κ3) is 5.24. The molecule has 1 aliphatic rings. The predicted octanol–water partition coefficient (Wildman–Crippen LogP) is 6.16. The molecule has 0 amide bonds. The topological polar surface area (TPSA) is 29.1 Å². The Morgan fingerprint density at radius 1 is 0.929 bits per heavy atom. The van der Waals surface area contributed by atoms with Gasteiger partial charge in [-0.25, -0.2) is 0 Å². The average molecular weight is 387 g/mol. The molecule has 1 N–H and O–H groups in total. The van der Waals surface area contributed by atoms with Crippen LogP contribution in [0.15, 0.2) is 54.6 Å². The number of benzene rings is 2. The minimum atomic E-state index is -4.38. The van der Waals surface area contributed by atoms with Gasteiger partial charge in [0, 0.05) is 23.4 Å². The fourth-order valence-electron chi connectivity index (χ4n) is 3.45. The van der Waals surface area contributed by atoms with Gasteiger partial charge >= 0.3 is 6.18 Å². The number of carbonyl (C=O) groups excluding carboxylic acids is 1. The quantitative estimate of drug-likeness (QED) is 0.492. The Morgan fingerprint density at radius 2 is 1.50 bits per heavy atom. The van der Waals surface area contributed by atoms with E-state index in [0.717, 1.165) is 43.4 Å². The highest BCUT2D eigenvalue weighted by atomic mass is 19.4. The SMILES string of the molecule is Cc1ccc(C(=O)/C=C(\NC2CCCCC2)c2ccc(C(F)(F)F)cc2)cc1. The van der Waals surface area contributed by atoms with Crippen molar-refractivity contribution in [1.82, 2.24) is 5.32 Å². The summed E-state index contributed by atoms with van der Waals surface area (Å²) in [5.74, 6) is -0.168. The zero-order valence-electron chi connectivity index (χ0n) is 15.9. The van der Waals surface area contributed by atoms with E-state index < -0.39 is 11.7 Å². The molecule has 2 nitrogen and oxygen atoms in total. The minimum Gasteiger partial charge on any atom is -0.382 e. The number of alkyl halides is 3. The van der Waals surface area contributed by atoms with E-state index in [4.69, 9.17) is 0 Å². The van der Waals surface area contributed by atoms with Crippen LogP contribution in [-0.2, 0) is 6.18 Å². The molecule has 148 valence electrons. The van der Waals surface area contributed by atoms with Gasteiger partial charge in [0.1, 0.15) is 0 Å². The van der Waals surface area contributed by atoms with E-state index in [9.17, 15) is 18.0 Å². The summed E-state index contributed by atoms with van der Waals surface area (Å²) in [6, 6.07) is 12.5. The van der Waals surface area contributed by atoms with Crippen LogP contribution in [0.4, 0.5) is 13.2 Å². The smallest absolute Gasteiger partial charge is 0.382 e. The lowest BCUT2D eigenvalue weighted by molar-refractivity contribution is -0.137. The number of hydrogen-bond acceptors (Lipinski definition) is 2. The molecule has 0 heterocycles. The Morgan fingerprint density at radius 3 is 2.07 bits per heavy atom. The van der Waals surface area contributed by atoms with Gasteiger partial charge in [0.2, 0.25) is 0 Å². The number of carbonyl (C=O) groups is 1. The van der Waals surface area contributed by atoms with Gasteiger partial charge in [0.15, 0.2) is 5.78 Å². The van der Waals surface area contributed by atoms with E-state index in [2.05, 4.69) is 5.32 Å². The van der Waals surface area contributed by atoms with Crippen molar-refractivity contribution in [1.29, 1.82) is 0 Å². The maximum absolute atomic E-state index is 12.9. The van der Waals surface area contributed by atoms with E-state index >= 15 is 0 Å². The molecular formula is C23H24F3NO. The number of halogens is 3. The molecule has 1 fully saturated rings. The van der Waals surface area contributed by atoms with Crippen LogP contribution in [0, 0.1) is 6.92 Å². The number of hydrogen-bond donors (Lipinski definition) is 1. The van der Waals surface area contributed by atoms with Crippen molar-refractivity contribution in [3.05, 3.63) is 76.9 Å². The van der Waals surface area contributed by atoms with Crippen LogP contribution in [0.1, 0.15) is 59.2 Å². The third-order valence-electron chi connectivity index (χ3n) is 5.10. The molecule has 3 rings (SSSR count). The van der Waals surface area contributed by atoms with Crippen molar-refractivity contribution in [3.63, 3.8) is 0 Å². The monoisotopic (exact) mass is 387 g/mol. The van der Waals surface area contributed by atoms with Gasteiger partial charge in [-0.1, -0.05) is 61.2 Å². The normalized spacial score (nSPS) is 16.1.